The Balaban J connectivity index is 1.48. The number of aromatic nitrogens is 1. The van der Waals surface area contributed by atoms with Gasteiger partial charge in [0.25, 0.3) is 5.91 Å². The van der Waals surface area contributed by atoms with Crippen LogP contribution in [-0.4, -0.2) is 38.4 Å². The summed E-state index contributed by atoms with van der Waals surface area (Å²) in [6.07, 6.45) is 0.492. The first-order valence-electron chi connectivity index (χ1n) is 8.88. The van der Waals surface area contributed by atoms with Gasteiger partial charge >= 0.3 is 5.97 Å². The van der Waals surface area contributed by atoms with Crippen LogP contribution in [0.1, 0.15) is 21.6 Å². The Kier molecular flexibility index (Phi) is 6.00. The molecule has 152 valence electrons. The van der Waals surface area contributed by atoms with Gasteiger partial charge in [0.1, 0.15) is 0 Å². The lowest BCUT2D eigenvalue weighted by molar-refractivity contribution is -0.124. The number of aromatic amines is 1. The van der Waals surface area contributed by atoms with Crippen molar-refractivity contribution in [1.82, 2.24) is 10.3 Å². The van der Waals surface area contributed by atoms with Gasteiger partial charge in [-0.2, -0.15) is 0 Å². The van der Waals surface area contributed by atoms with Gasteiger partial charge in [-0.25, -0.2) is 18.4 Å². The SMILES string of the molecule is Cc1[nH]c2ccccc2c1C(=O)OCC(=O)NCCc1ccc(S(N)(=O)=O)cc1. The lowest BCUT2D eigenvalue weighted by atomic mass is 10.1. The molecule has 3 rings (SSSR count). The minimum atomic E-state index is -3.73. The lowest BCUT2D eigenvalue weighted by Gasteiger charge is -2.07. The number of rotatable bonds is 7. The zero-order valence-electron chi connectivity index (χ0n) is 15.8. The van der Waals surface area contributed by atoms with Gasteiger partial charge in [-0.3, -0.25) is 4.79 Å². The predicted molar refractivity (Wildman–Crippen MR) is 108 cm³/mol. The number of amides is 1. The quantitative estimate of drug-likeness (QED) is 0.505. The second-order valence-electron chi connectivity index (χ2n) is 6.54. The Morgan fingerprint density at radius 1 is 1.10 bits per heavy atom. The molecule has 2 aromatic carbocycles. The van der Waals surface area contributed by atoms with E-state index in [1.54, 1.807) is 19.1 Å². The molecule has 0 aliphatic heterocycles. The summed E-state index contributed by atoms with van der Waals surface area (Å²) in [4.78, 5) is 27.5. The van der Waals surface area contributed by atoms with Crippen molar-refractivity contribution >= 4 is 32.8 Å². The normalized spacial score (nSPS) is 11.4. The van der Waals surface area contributed by atoms with Gasteiger partial charge in [-0.05, 0) is 37.1 Å². The van der Waals surface area contributed by atoms with E-state index in [4.69, 9.17) is 9.88 Å². The van der Waals surface area contributed by atoms with Gasteiger partial charge in [0, 0.05) is 23.1 Å². The van der Waals surface area contributed by atoms with Crippen LogP contribution < -0.4 is 10.5 Å². The molecule has 29 heavy (non-hydrogen) atoms. The van der Waals surface area contributed by atoms with Crippen molar-refractivity contribution in [2.24, 2.45) is 5.14 Å². The number of H-pyrrole nitrogens is 1. The van der Waals surface area contributed by atoms with Crippen LogP contribution in [0.2, 0.25) is 0 Å². The first-order valence-corrected chi connectivity index (χ1v) is 10.4. The summed E-state index contributed by atoms with van der Waals surface area (Å²) in [7, 11) is -3.73. The number of aryl methyl sites for hydroxylation is 1. The fourth-order valence-electron chi connectivity index (χ4n) is 2.99. The van der Waals surface area contributed by atoms with E-state index in [0.29, 0.717) is 24.2 Å². The van der Waals surface area contributed by atoms with Crippen LogP contribution in [0, 0.1) is 6.92 Å². The maximum absolute atomic E-state index is 12.4. The number of primary sulfonamides is 1. The van der Waals surface area contributed by atoms with Gasteiger partial charge in [-0.1, -0.05) is 30.3 Å². The number of carbonyl (C=O) groups excluding carboxylic acids is 2. The molecule has 8 nitrogen and oxygen atoms in total. The van der Waals surface area contributed by atoms with Crippen molar-refractivity contribution in [3.8, 4) is 0 Å². The van der Waals surface area contributed by atoms with Crippen LogP contribution in [0.5, 0.6) is 0 Å². The average Bonchev–Trinajstić information content (AvgIpc) is 3.01. The second-order valence-corrected chi connectivity index (χ2v) is 8.10. The number of hydrogen-bond donors (Lipinski definition) is 3. The third kappa shape index (κ3) is 5.01. The van der Waals surface area contributed by atoms with Gasteiger partial charge in [0.15, 0.2) is 6.61 Å². The van der Waals surface area contributed by atoms with E-state index in [1.807, 2.05) is 24.3 Å². The fraction of sp³-hybridized carbons (Fsp3) is 0.200. The Bertz CT molecular complexity index is 1150. The highest BCUT2D eigenvalue weighted by molar-refractivity contribution is 7.89. The van der Waals surface area contributed by atoms with Crippen molar-refractivity contribution in [2.45, 2.75) is 18.2 Å². The highest BCUT2D eigenvalue weighted by Gasteiger charge is 2.18. The molecule has 3 aromatic rings. The van der Waals surface area contributed by atoms with E-state index in [9.17, 15) is 18.0 Å². The maximum atomic E-state index is 12.4. The fourth-order valence-corrected chi connectivity index (χ4v) is 3.50. The molecule has 4 N–H and O–H groups in total. The Hall–Kier alpha value is -3.17. The number of nitrogens with one attached hydrogen (secondary N) is 2. The smallest absolute Gasteiger partial charge is 0.341 e. The molecule has 0 aliphatic carbocycles. The molecular weight excluding hydrogens is 394 g/mol. The molecule has 1 aromatic heterocycles. The zero-order chi connectivity index (χ0) is 21.0. The number of sulfonamides is 1. The van der Waals surface area contributed by atoms with Crippen LogP contribution in [0.15, 0.2) is 53.4 Å². The second kappa shape index (κ2) is 8.46. The number of esters is 1. The molecule has 1 amide bonds. The number of hydrogen-bond acceptors (Lipinski definition) is 5. The summed E-state index contributed by atoms with van der Waals surface area (Å²) < 4.78 is 27.6. The molecule has 0 saturated carbocycles. The summed E-state index contributed by atoms with van der Waals surface area (Å²) in [6.45, 7) is 1.71. The average molecular weight is 415 g/mol. The number of ether oxygens (including phenoxy) is 1. The predicted octanol–water partition coefficient (Wildman–Crippen LogP) is 1.64. The van der Waals surface area contributed by atoms with E-state index in [2.05, 4.69) is 10.3 Å². The standard InChI is InChI=1S/C20H21N3O5S/c1-13-19(16-4-2-3-5-17(16)23-13)20(25)28-12-18(24)22-11-10-14-6-8-15(9-7-14)29(21,26)27/h2-9,23H,10-12H2,1H3,(H,22,24)(H2,21,26,27). The Labute approximate surface area is 168 Å². The van der Waals surface area contributed by atoms with E-state index in [1.165, 1.54) is 12.1 Å². The van der Waals surface area contributed by atoms with Crippen LogP contribution in [-0.2, 0) is 26.0 Å². The van der Waals surface area contributed by atoms with Crippen molar-refractivity contribution in [2.75, 3.05) is 13.2 Å². The van der Waals surface area contributed by atoms with E-state index in [0.717, 1.165) is 16.5 Å². The Morgan fingerprint density at radius 3 is 2.48 bits per heavy atom. The van der Waals surface area contributed by atoms with Gasteiger partial charge in [0.2, 0.25) is 10.0 Å². The maximum Gasteiger partial charge on any atom is 0.341 e. The van der Waals surface area contributed by atoms with Gasteiger partial charge < -0.3 is 15.0 Å². The first-order chi connectivity index (χ1) is 13.8. The third-order valence-electron chi connectivity index (χ3n) is 4.42. The Morgan fingerprint density at radius 2 is 1.79 bits per heavy atom. The van der Waals surface area contributed by atoms with Crippen LogP contribution >= 0.6 is 0 Å². The van der Waals surface area contributed by atoms with Crippen LogP contribution in [0.3, 0.4) is 0 Å². The van der Waals surface area contributed by atoms with Crippen LogP contribution in [0.25, 0.3) is 10.9 Å². The zero-order valence-corrected chi connectivity index (χ0v) is 16.6. The number of nitrogens with two attached hydrogens (primary N) is 1. The van der Waals surface area contributed by atoms with Crippen molar-refractivity contribution in [3.05, 3.63) is 65.4 Å². The lowest BCUT2D eigenvalue weighted by Crippen LogP contribution is -2.30. The molecule has 0 atom stereocenters. The number of benzene rings is 2. The number of carbonyl (C=O) groups is 2. The minimum Gasteiger partial charge on any atom is -0.452 e. The first kappa shape index (κ1) is 20.6. The third-order valence-corrected chi connectivity index (χ3v) is 5.35. The highest BCUT2D eigenvalue weighted by atomic mass is 32.2. The molecule has 0 unspecified atom stereocenters. The molecular formula is C20H21N3O5S. The van der Waals surface area contributed by atoms with Crippen molar-refractivity contribution in [3.63, 3.8) is 0 Å². The van der Waals surface area contributed by atoms with Crippen LogP contribution in [0.4, 0.5) is 0 Å². The van der Waals surface area contributed by atoms with Crippen molar-refractivity contribution in [1.29, 1.82) is 0 Å². The van der Waals surface area contributed by atoms with E-state index in [-0.39, 0.29) is 11.5 Å². The largest absolute Gasteiger partial charge is 0.452 e. The summed E-state index contributed by atoms with van der Waals surface area (Å²) in [5, 5.41) is 8.46. The van der Waals surface area contributed by atoms with E-state index >= 15 is 0 Å². The number of para-hydroxylation sites is 1. The molecule has 0 saturated heterocycles. The van der Waals surface area contributed by atoms with E-state index < -0.39 is 21.9 Å². The molecule has 0 aliphatic rings. The molecule has 0 fully saturated rings. The molecule has 1 heterocycles. The summed E-state index contributed by atoms with van der Waals surface area (Å²) in [5.74, 6) is -0.981. The van der Waals surface area contributed by atoms with Crippen molar-refractivity contribution < 1.29 is 22.7 Å². The topological polar surface area (TPSA) is 131 Å². The summed E-state index contributed by atoms with van der Waals surface area (Å²) in [6, 6.07) is 13.5. The molecule has 0 bridgehead atoms. The summed E-state index contributed by atoms with van der Waals surface area (Å²) >= 11 is 0. The molecule has 9 heteroatoms. The highest BCUT2D eigenvalue weighted by Crippen LogP contribution is 2.22. The molecule has 0 radical (unpaired) electrons. The monoisotopic (exact) mass is 415 g/mol. The summed E-state index contributed by atoms with van der Waals surface area (Å²) in [5.41, 5.74) is 2.77. The van der Waals surface area contributed by atoms with Gasteiger partial charge in [0.05, 0.1) is 10.5 Å². The number of fused-ring (bicyclic) bond motifs is 1. The van der Waals surface area contributed by atoms with Gasteiger partial charge in [-0.15, -0.1) is 0 Å². The molecule has 0 spiro atoms. The minimum absolute atomic E-state index is 0.0322.